The summed E-state index contributed by atoms with van der Waals surface area (Å²) in [5.41, 5.74) is 4.85. The van der Waals surface area contributed by atoms with Crippen molar-refractivity contribution in [1.82, 2.24) is 15.6 Å². The molecule has 160 valence electrons. The van der Waals surface area contributed by atoms with Crippen LogP contribution in [0.2, 0.25) is 0 Å². The summed E-state index contributed by atoms with van der Waals surface area (Å²) in [5, 5.41) is 8.28. The monoisotopic (exact) mass is 411 g/mol. The summed E-state index contributed by atoms with van der Waals surface area (Å²) in [6.45, 7) is 9.02. The smallest absolute Gasteiger partial charge is 0.315 e. The predicted molar refractivity (Wildman–Crippen MR) is 117 cm³/mol. The average molecular weight is 412 g/mol. The first-order valence-corrected chi connectivity index (χ1v) is 10.1. The number of carbonyl (C=O) groups excluding carboxylic acids is 2. The SMILES string of the molecule is Cc1cc(C)c(NC(=O)CNC(=O)NCc2cccnc2N2CCOCC2)c(C)c1. The number of anilines is 2. The van der Waals surface area contributed by atoms with Gasteiger partial charge in [0.05, 0.1) is 19.8 Å². The van der Waals surface area contributed by atoms with Gasteiger partial charge in [0, 0.05) is 37.1 Å². The number of aryl methyl sites for hydroxylation is 3. The minimum absolute atomic E-state index is 0.109. The highest BCUT2D eigenvalue weighted by Crippen LogP contribution is 2.21. The Bertz CT molecular complexity index is 886. The Morgan fingerprint density at radius 3 is 2.50 bits per heavy atom. The highest BCUT2D eigenvalue weighted by molar-refractivity contribution is 5.95. The summed E-state index contributed by atoms with van der Waals surface area (Å²) >= 11 is 0. The third kappa shape index (κ3) is 5.70. The number of hydrogen-bond acceptors (Lipinski definition) is 5. The van der Waals surface area contributed by atoms with E-state index in [0.717, 1.165) is 46.8 Å². The molecule has 3 N–H and O–H groups in total. The van der Waals surface area contributed by atoms with Crippen molar-refractivity contribution in [3.05, 3.63) is 52.7 Å². The van der Waals surface area contributed by atoms with Gasteiger partial charge in [0.25, 0.3) is 0 Å². The molecule has 0 unspecified atom stereocenters. The van der Waals surface area contributed by atoms with E-state index in [1.54, 1.807) is 6.20 Å². The number of morpholine rings is 1. The molecule has 8 nitrogen and oxygen atoms in total. The molecule has 30 heavy (non-hydrogen) atoms. The number of pyridine rings is 1. The summed E-state index contributed by atoms with van der Waals surface area (Å²) < 4.78 is 5.39. The zero-order valence-electron chi connectivity index (χ0n) is 17.7. The van der Waals surface area contributed by atoms with Crippen molar-refractivity contribution in [2.24, 2.45) is 0 Å². The van der Waals surface area contributed by atoms with Gasteiger partial charge >= 0.3 is 6.03 Å². The number of hydrogen-bond donors (Lipinski definition) is 3. The molecule has 1 aliphatic heterocycles. The van der Waals surface area contributed by atoms with Crippen molar-refractivity contribution in [2.75, 3.05) is 43.1 Å². The van der Waals surface area contributed by atoms with Crippen LogP contribution in [-0.2, 0) is 16.1 Å². The number of amides is 3. The standard InChI is InChI=1S/C22H29N5O3/c1-15-11-16(2)20(17(3)12-15)26-19(28)14-25-22(29)24-13-18-5-4-6-23-21(18)27-7-9-30-10-8-27/h4-6,11-12H,7-10,13-14H2,1-3H3,(H,26,28)(H2,24,25,29). The first-order valence-electron chi connectivity index (χ1n) is 10.1. The molecule has 1 saturated heterocycles. The lowest BCUT2D eigenvalue weighted by Crippen LogP contribution is -2.41. The zero-order valence-corrected chi connectivity index (χ0v) is 17.7. The van der Waals surface area contributed by atoms with Crippen molar-refractivity contribution in [1.29, 1.82) is 0 Å². The molecule has 0 spiro atoms. The van der Waals surface area contributed by atoms with Gasteiger partial charge in [-0.25, -0.2) is 9.78 Å². The second-order valence-corrected chi connectivity index (χ2v) is 7.44. The van der Waals surface area contributed by atoms with Crippen molar-refractivity contribution in [3.8, 4) is 0 Å². The second-order valence-electron chi connectivity index (χ2n) is 7.44. The summed E-state index contributed by atoms with van der Waals surface area (Å²) in [4.78, 5) is 31.1. The minimum Gasteiger partial charge on any atom is -0.378 e. The van der Waals surface area contributed by atoms with E-state index in [4.69, 9.17) is 4.74 Å². The maximum absolute atomic E-state index is 12.3. The number of benzene rings is 1. The predicted octanol–water partition coefficient (Wildman–Crippen LogP) is 2.28. The minimum atomic E-state index is -0.403. The van der Waals surface area contributed by atoms with E-state index >= 15 is 0 Å². The summed E-state index contributed by atoms with van der Waals surface area (Å²) in [6, 6.07) is 7.41. The molecule has 0 radical (unpaired) electrons. The Kier molecular flexibility index (Phi) is 7.24. The highest BCUT2D eigenvalue weighted by atomic mass is 16.5. The van der Waals surface area contributed by atoms with Gasteiger partial charge in [-0.05, 0) is 38.0 Å². The fourth-order valence-corrected chi connectivity index (χ4v) is 3.59. The van der Waals surface area contributed by atoms with Gasteiger partial charge in [-0.3, -0.25) is 4.79 Å². The van der Waals surface area contributed by atoms with Gasteiger partial charge < -0.3 is 25.6 Å². The zero-order chi connectivity index (χ0) is 21.5. The molecule has 1 aromatic carbocycles. The van der Waals surface area contributed by atoms with Crippen molar-refractivity contribution in [2.45, 2.75) is 27.3 Å². The molecule has 0 saturated carbocycles. The molecule has 8 heteroatoms. The van der Waals surface area contributed by atoms with Crippen LogP contribution in [0.3, 0.4) is 0 Å². The number of nitrogens with zero attached hydrogens (tertiary/aromatic N) is 2. The molecule has 2 aromatic rings. The van der Waals surface area contributed by atoms with Crippen LogP contribution in [0.15, 0.2) is 30.5 Å². The highest BCUT2D eigenvalue weighted by Gasteiger charge is 2.16. The Balaban J connectivity index is 1.49. The van der Waals surface area contributed by atoms with E-state index in [9.17, 15) is 9.59 Å². The van der Waals surface area contributed by atoms with E-state index in [2.05, 4.69) is 25.8 Å². The molecular weight excluding hydrogens is 382 g/mol. The maximum Gasteiger partial charge on any atom is 0.315 e. The molecule has 1 aromatic heterocycles. The van der Waals surface area contributed by atoms with Gasteiger partial charge in [0.1, 0.15) is 5.82 Å². The number of ether oxygens (including phenoxy) is 1. The topological polar surface area (TPSA) is 95.6 Å². The molecule has 0 bridgehead atoms. The molecule has 1 fully saturated rings. The summed E-state index contributed by atoms with van der Waals surface area (Å²) in [6.07, 6.45) is 1.74. The van der Waals surface area contributed by atoms with Gasteiger partial charge in [-0.15, -0.1) is 0 Å². The van der Waals surface area contributed by atoms with Gasteiger partial charge in [-0.2, -0.15) is 0 Å². The van der Waals surface area contributed by atoms with Crippen LogP contribution in [0.25, 0.3) is 0 Å². The van der Waals surface area contributed by atoms with Crippen LogP contribution in [-0.4, -0.2) is 49.8 Å². The van der Waals surface area contributed by atoms with Crippen LogP contribution >= 0.6 is 0 Å². The Morgan fingerprint density at radius 1 is 1.10 bits per heavy atom. The molecule has 3 rings (SSSR count). The van der Waals surface area contributed by atoms with Crippen molar-refractivity contribution in [3.63, 3.8) is 0 Å². The van der Waals surface area contributed by atoms with Crippen LogP contribution in [0, 0.1) is 20.8 Å². The van der Waals surface area contributed by atoms with E-state index < -0.39 is 6.03 Å². The number of carbonyl (C=O) groups is 2. The van der Waals surface area contributed by atoms with Gasteiger partial charge in [-0.1, -0.05) is 23.8 Å². The first-order chi connectivity index (χ1) is 14.4. The fraction of sp³-hybridized carbons (Fsp3) is 0.409. The normalized spacial score (nSPS) is 13.6. The van der Waals surface area contributed by atoms with Crippen LogP contribution in [0.1, 0.15) is 22.3 Å². The average Bonchev–Trinajstić information content (AvgIpc) is 2.74. The summed E-state index contributed by atoms with van der Waals surface area (Å²) in [7, 11) is 0. The second kappa shape index (κ2) is 10.1. The van der Waals surface area contributed by atoms with Crippen LogP contribution < -0.4 is 20.9 Å². The molecule has 0 atom stereocenters. The Morgan fingerprint density at radius 2 is 1.80 bits per heavy atom. The lowest BCUT2D eigenvalue weighted by Gasteiger charge is -2.29. The maximum atomic E-state index is 12.3. The Hall–Kier alpha value is -3.13. The van der Waals surface area contributed by atoms with Crippen molar-refractivity contribution < 1.29 is 14.3 Å². The van der Waals surface area contributed by atoms with E-state index in [0.29, 0.717) is 19.8 Å². The third-order valence-corrected chi connectivity index (χ3v) is 4.97. The molecular formula is C22H29N5O3. The van der Waals surface area contributed by atoms with Crippen molar-refractivity contribution >= 4 is 23.4 Å². The number of aromatic nitrogens is 1. The molecule has 3 amide bonds. The van der Waals surface area contributed by atoms with Crippen LogP contribution in [0.5, 0.6) is 0 Å². The lowest BCUT2D eigenvalue weighted by atomic mass is 10.1. The third-order valence-electron chi connectivity index (χ3n) is 4.97. The number of rotatable bonds is 6. The fourth-order valence-electron chi connectivity index (χ4n) is 3.59. The molecule has 0 aliphatic carbocycles. The van der Waals surface area contributed by atoms with Crippen LogP contribution in [0.4, 0.5) is 16.3 Å². The Labute approximate surface area is 177 Å². The van der Waals surface area contributed by atoms with E-state index in [-0.39, 0.29) is 12.5 Å². The number of nitrogens with one attached hydrogen (secondary N) is 3. The lowest BCUT2D eigenvalue weighted by molar-refractivity contribution is -0.115. The largest absolute Gasteiger partial charge is 0.378 e. The first kappa shape index (κ1) is 21.6. The molecule has 2 heterocycles. The van der Waals surface area contributed by atoms with Gasteiger partial charge in [0.2, 0.25) is 5.91 Å². The summed E-state index contributed by atoms with van der Waals surface area (Å²) in [5.74, 6) is 0.583. The number of urea groups is 1. The van der Waals surface area contributed by atoms with E-state index in [1.165, 1.54) is 0 Å². The quantitative estimate of drug-likeness (QED) is 0.678. The van der Waals surface area contributed by atoms with E-state index in [1.807, 2.05) is 45.0 Å². The molecule has 1 aliphatic rings. The van der Waals surface area contributed by atoms with Gasteiger partial charge in [0.15, 0.2) is 0 Å².